The van der Waals surface area contributed by atoms with Gasteiger partial charge < -0.3 is 25.2 Å². The maximum Gasteiger partial charge on any atom is 0.334 e. The molecule has 0 spiro atoms. The van der Waals surface area contributed by atoms with Crippen molar-refractivity contribution in [3.8, 4) is 0 Å². The predicted octanol–water partition coefficient (Wildman–Crippen LogP) is -0.0221. The Bertz CT molecular complexity index is 270. The van der Waals surface area contributed by atoms with Gasteiger partial charge in [0.05, 0.1) is 19.8 Å². The van der Waals surface area contributed by atoms with E-state index in [-0.39, 0.29) is 6.54 Å². The molecule has 2 amide bonds. The number of amides is 2. The molecule has 0 aliphatic rings. The first-order valence-electron chi connectivity index (χ1n) is 5.57. The molecule has 0 fully saturated rings. The summed E-state index contributed by atoms with van der Waals surface area (Å²) in [4.78, 5) is 21.8. The zero-order valence-electron chi connectivity index (χ0n) is 10.5. The molecule has 3 N–H and O–H groups in total. The first-order chi connectivity index (χ1) is 8.61. The minimum atomic E-state index is -1.12. The fourth-order valence-electron chi connectivity index (χ4n) is 1.02. The van der Waals surface area contributed by atoms with Crippen molar-refractivity contribution in [3.05, 3.63) is 12.7 Å². The largest absolute Gasteiger partial charge is 0.479 e. The quantitative estimate of drug-likeness (QED) is 0.379. The van der Waals surface area contributed by atoms with Crippen LogP contribution in [0.3, 0.4) is 0 Å². The summed E-state index contributed by atoms with van der Waals surface area (Å²) in [6.07, 6.45) is 1.47. The van der Waals surface area contributed by atoms with Crippen LogP contribution in [-0.4, -0.2) is 56.6 Å². The second-order valence-electron chi connectivity index (χ2n) is 3.39. The van der Waals surface area contributed by atoms with Crippen LogP contribution < -0.4 is 10.6 Å². The van der Waals surface area contributed by atoms with Crippen molar-refractivity contribution in [1.82, 2.24) is 10.6 Å². The van der Waals surface area contributed by atoms with E-state index in [0.717, 1.165) is 6.42 Å². The van der Waals surface area contributed by atoms with Gasteiger partial charge in [0.25, 0.3) is 0 Å². The van der Waals surface area contributed by atoms with Gasteiger partial charge in [-0.3, -0.25) is 0 Å². The molecule has 0 aliphatic carbocycles. The van der Waals surface area contributed by atoms with Crippen LogP contribution in [0.4, 0.5) is 4.79 Å². The highest BCUT2D eigenvalue weighted by molar-refractivity contribution is 5.76. The van der Waals surface area contributed by atoms with Gasteiger partial charge in [-0.2, -0.15) is 0 Å². The van der Waals surface area contributed by atoms with Gasteiger partial charge in [-0.15, -0.1) is 6.58 Å². The van der Waals surface area contributed by atoms with Crippen molar-refractivity contribution in [2.75, 3.05) is 33.4 Å². The van der Waals surface area contributed by atoms with Crippen LogP contribution in [0.15, 0.2) is 12.7 Å². The molecule has 0 saturated heterocycles. The molecule has 0 aromatic carbocycles. The van der Waals surface area contributed by atoms with Crippen molar-refractivity contribution in [2.45, 2.75) is 12.5 Å². The molecule has 0 aliphatic heterocycles. The molecule has 0 radical (unpaired) electrons. The molecule has 0 saturated carbocycles. The fourth-order valence-corrected chi connectivity index (χ4v) is 1.02. The highest BCUT2D eigenvalue weighted by atomic mass is 16.5. The topological polar surface area (TPSA) is 96.9 Å². The van der Waals surface area contributed by atoms with E-state index >= 15 is 0 Å². The maximum atomic E-state index is 11.2. The molecule has 0 aromatic heterocycles. The summed E-state index contributed by atoms with van der Waals surface area (Å²) in [7, 11) is 1.27. The third-order valence-electron chi connectivity index (χ3n) is 2.01. The zero-order valence-corrected chi connectivity index (χ0v) is 10.5. The minimum Gasteiger partial charge on any atom is -0.479 e. The van der Waals surface area contributed by atoms with Gasteiger partial charge in [0.1, 0.15) is 0 Å². The molecule has 18 heavy (non-hydrogen) atoms. The number of urea groups is 1. The summed E-state index contributed by atoms with van der Waals surface area (Å²) in [6.45, 7) is 4.78. The molecule has 104 valence electrons. The summed E-state index contributed by atoms with van der Waals surface area (Å²) >= 11 is 0. The van der Waals surface area contributed by atoms with Crippen LogP contribution in [0.25, 0.3) is 0 Å². The number of hydrogen-bond donors (Lipinski definition) is 3. The summed E-state index contributed by atoms with van der Waals surface area (Å²) in [5.41, 5.74) is 0. The van der Waals surface area contributed by atoms with E-state index < -0.39 is 18.1 Å². The number of ether oxygens (including phenoxy) is 2. The number of rotatable bonds is 10. The number of carbonyl (C=O) groups is 2. The average Bonchev–Trinajstić information content (AvgIpc) is 2.34. The number of carboxylic acid groups (broad SMARTS) is 1. The van der Waals surface area contributed by atoms with E-state index in [1.165, 1.54) is 7.11 Å². The molecule has 7 nitrogen and oxygen atoms in total. The van der Waals surface area contributed by atoms with E-state index in [4.69, 9.17) is 9.84 Å². The van der Waals surface area contributed by atoms with Crippen molar-refractivity contribution in [1.29, 1.82) is 0 Å². The molecule has 0 rings (SSSR count). The minimum absolute atomic E-state index is 0.0883. The van der Waals surface area contributed by atoms with Crippen LogP contribution in [0.1, 0.15) is 6.42 Å². The third-order valence-corrected chi connectivity index (χ3v) is 2.01. The summed E-state index contributed by atoms with van der Waals surface area (Å²) in [6, 6.07) is -0.453. The number of nitrogens with one attached hydrogen (secondary N) is 2. The summed E-state index contributed by atoms with van der Waals surface area (Å²) in [5.74, 6) is -1.12. The molecule has 1 atom stereocenters. The lowest BCUT2D eigenvalue weighted by Crippen LogP contribution is -2.43. The Kier molecular flexibility index (Phi) is 9.61. The van der Waals surface area contributed by atoms with Gasteiger partial charge in [0.2, 0.25) is 0 Å². The Hall–Kier alpha value is -1.60. The Morgan fingerprint density at radius 1 is 1.39 bits per heavy atom. The Morgan fingerprint density at radius 3 is 2.67 bits per heavy atom. The SMILES string of the molecule is C=CCCOCCNC(=O)NCC(OC)C(=O)O. The zero-order chi connectivity index (χ0) is 13.8. The third kappa shape index (κ3) is 8.54. The standard InChI is InChI=1S/C11H20N2O5/c1-3-4-6-18-7-5-12-11(16)13-8-9(17-2)10(14)15/h3,9H,1,4-8H2,2H3,(H,14,15)(H2,12,13,16). The van der Waals surface area contributed by atoms with Gasteiger partial charge >= 0.3 is 12.0 Å². The Morgan fingerprint density at radius 2 is 2.11 bits per heavy atom. The van der Waals surface area contributed by atoms with E-state index in [0.29, 0.717) is 19.8 Å². The first kappa shape index (κ1) is 16.4. The molecule has 1 unspecified atom stereocenters. The monoisotopic (exact) mass is 260 g/mol. The van der Waals surface area contributed by atoms with Gasteiger partial charge in [-0.05, 0) is 6.42 Å². The molecule has 0 heterocycles. The van der Waals surface area contributed by atoms with E-state index in [9.17, 15) is 9.59 Å². The average molecular weight is 260 g/mol. The second kappa shape index (κ2) is 10.5. The maximum absolute atomic E-state index is 11.2. The number of hydrogen-bond acceptors (Lipinski definition) is 4. The van der Waals surface area contributed by atoms with Gasteiger partial charge in [0.15, 0.2) is 6.10 Å². The van der Waals surface area contributed by atoms with E-state index in [1.807, 2.05) is 0 Å². The Balaban J connectivity index is 3.53. The molecular weight excluding hydrogens is 240 g/mol. The molecular formula is C11H20N2O5. The summed E-state index contributed by atoms with van der Waals surface area (Å²) in [5, 5.41) is 13.6. The lowest BCUT2D eigenvalue weighted by atomic mass is 10.3. The fraction of sp³-hybridized carbons (Fsp3) is 0.636. The lowest BCUT2D eigenvalue weighted by molar-refractivity contribution is -0.147. The van der Waals surface area contributed by atoms with Gasteiger partial charge in [-0.25, -0.2) is 9.59 Å². The molecule has 0 bridgehead atoms. The van der Waals surface area contributed by atoms with Crippen molar-refractivity contribution >= 4 is 12.0 Å². The van der Waals surface area contributed by atoms with Gasteiger partial charge in [-0.1, -0.05) is 6.08 Å². The van der Waals surface area contributed by atoms with Crippen LogP contribution in [0, 0.1) is 0 Å². The lowest BCUT2D eigenvalue weighted by Gasteiger charge is -2.12. The highest BCUT2D eigenvalue weighted by Crippen LogP contribution is 1.87. The van der Waals surface area contributed by atoms with E-state index in [1.54, 1.807) is 6.08 Å². The number of carbonyl (C=O) groups excluding carboxylic acids is 1. The number of aliphatic carboxylic acids is 1. The van der Waals surface area contributed by atoms with Gasteiger partial charge in [0, 0.05) is 13.7 Å². The van der Waals surface area contributed by atoms with Crippen LogP contribution >= 0.6 is 0 Å². The van der Waals surface area contributed by atoms with Crippen molar-refractivity contribution in [2.24, 2.45) is 0 Å². The Labute approximate surface area is 106 Å². The van der Waals surface area contributed by atoms with Crippen LogP contribution in [0.2, 0.25) is 0 Å². The second-order valence-corrected chi connectivity index (χ2v) is 3.39. The summed E-state index contributed by atoms with van der Waals surface area (Å²) < 4.78 is 9.83. The first-order valence-corrected chi connectivity index (χ1v) is 5.57. The van der Waals surface area contributed by atoms with Crippen molar-refractivity contribution < 1.29 is 24.2 Å². The normalized spacial score (nSPS) is 11.6. The molecule has 0 aromatic rings. The molecule has 7 heteroatoms. The number of methoxy groups -OCH3 is 1. The highest BCUT2D eigenvalue weighted by Gasteiger charge is 2.16. The smallest absolute Gasteiger partial charge is 0.334 e. The predicted molar refractivity (Wildman–Crippen MR) is 65.5 cm³/mol. The van der Waals surface area contributed by atoms with E-state index in [2.05, 4.69) is 21.9 Å². The van der Waals surface area contributed by atoms with Crippen LogP contribution in [0.5, 0.6) is 0 Å². The van der Waals surface area contributed by atoms with Crippen molar-refractivity contribution in [3.63, 3.8) is 0 Å². The number of carboxylic acids is 1. The van der Waals surface area contributed by atoms with Crippen LogP contribution in [-0.2, 0) is 14.3 Å².